The van der Waals surface area contributed by atoms with E-state index in [9.17, 15) is 14.4 Å². The van der Waals surface area contributed by atoms with E-state index in [4.69, 9.17) is 11.6 Å². The third-order valence-electron chi connectivity index (χ3n) is 5.78. The maximum atomic E-state index is 13.0. The lowest BCUT2D eigenvalue weighted by Crippen LogP contribution is -2.36. The Bertz CT molecular complexity index is 976. The van der Waals surface area contributed by atoms with Crippen molar-refractivity contribution in [3.05, 3.63) is 58.9 Å². The summed E-state index contributed by atoms with van der Waals surface area (Å²) in [5, 5.41) is 3.29. The quantitative estimate of drug-likeness (QED) is 0.772. The number of rotatable bonds is 5. The maximum absolute atomic E-state index is 13.0. The number of carbonyl (C=O) groups is 3. The van der Waals surface area contributed by atoms with Gasteiger partial charge in [-0.3, -0.25) is 19.4 Å². The molecular formula is C23H25ClN4O3. The molecular weight excluding hydrogens is 416 g/mol. The highest BCUT2D eigenvalue weighted by Gasteiger charge is 2.35. The monoisotopic (exact) mass is 440 g/mol. The number of hydrogen-bond donors (Lipinski definition) is 1. The highest BCUT2D eigenvalue weighted by atomic mass is 35.5. The number of pyridine rings is 1. The van der Waals surface area contributed by atoms with Gasteiger partial charge in [0.1, 0.15) is 0 Å². The van der Waals surface area contributed by atoms with Gasteiger partial charge in [-0.1, -0.05) is 17.7 Å². The smallest absolute Gasteiger partial charge is 0.255 e. The molecule has 1 atom stereocenters. The summed E-state index contributed by atoms with van der Waals surface area (Å²) in [5.41, 5.74) is 1.60. The van der Waals surface area contributed by atoms with Crippen LogP contribution in [-0.4, -0.2) is 52.1 Å². The van der Waals surface area contributed by atoms with Crippen LogP contribution in [0.25, 0.3) is 0 Å². The predicted octanol–water partition coefficient (Wildman–Crippen LogP) is 3.35. The van der Waals surface area contributed by atoms with Crippen molar-refractivity contribution >= 4 is 35.0 Å². The minimum absolute atomic E-state index is 0.0819. The molecule has 2 aliphatic heterocycles. The van der Waals surface area contributed by atoms with Gasteiger partial charge in [-0.15, -0.1) is 0 Å². The number of amides is 3. The predicted molar refractivity (Wildman–Crippen MR) is 118 cm³/mol. The van der Waals surface area contributed by atoms with Crippen LogP contribution in [0.2, 0.25) is 5.02 Å². The number of benzene rings is 1. The Balaban J connectivity index is 1.45. The Morgan fingerprint density at radius 3 is 2.68 bits per heavy atom. The first-order valence-electron chi connectivity index (χ1n) is 10.6. The molecule has 0 bridgehead atoms. The SMILES string of the molecule is O=C(Nc1cc(Cl)ccc1C(=O)N1CCCCC1)C1CC(=O)N(Cc2ccccn2)C1. The summed E-state index contributed by atoms with van der Waals surface area (Å²) in [7, 11) is 0. The van der Waals surface area contributed by atoms with E-state index in [0.717, 1.165) is 25.0 Å². The summed E-state index contributed by atoms with van der Waals surface area (Å²) in [5.74, 6) is -0.965. The number of likely N-dealkylation sites (tertiary alicyclic amines) is 2. The lowest BCUT2D eigenvalue weighted by molar-refractivity contribution is -0.128. The van der Waals surface area contributed by atoms with E-state index in [1.54, 1.807) is 29.3 Å². The molecule has 2 fully saturated rings. The van der Waals surface area contributed by atoms with Crippen LogP contribution in [0.1, 0.15) is 41.7 Å². The third-order valence-corrected chi connectivity index (χ3v) is 6.01. The van der Waals surface area contributed by atoms with Crippen LogP contribution in [0.5, 0.6) is 0 Å². The molecule has 1 aromatic heterocycles. The van der Waals surface area contributed by atoms with Crippen LogP contribution in [-0.2, 0) is 16.1 Å². The zero-order valence-electron chi connectivity index (χ0n) is 17.2. The van der Waals surface area contributed by atoms with Crippen molar-refractivity contribution < 1.29 is 14.4 Å². The van der Waals surface area contributed by atoms with Crippen LogP contribution in [0, 0.1) is 5.92 Å². The summed E-state index contributed by atoms with van der Waals surface area (Å²) >= 11 is 6.14. The molecule has 3 amide bonds. The highest BCUT2D eigenvalue weighted by molar-refractivity contribution is 6.31. The van der Waals surface area contributed by atoms with E-state index < -0.39 is 5.92 Å². The average molecular weight is 441 g/mol. The van der Waals surface area contributed by atoms with E-state index in [2.05, 4.69) is 10.3 Å². The molecule has 0 spiro atoms. The van der Waals surface area contributed by atoms with Crippen LogP contribution in [0.4, 0.5) is 5.69 Å². The normalized spacial score (nSPS) is 18.9. The zero-order chi connectivity index (χ0) is 21.8. The van der Waals surface area contributed by atoms with Gasteiger partial charge in [0.2, 0.25) is 11.8 Å². The van der Waals surface area contributed by atoms with Gasteiger partial charge in [0.05, 0.1) is 29.4 Å². The summed E-state index contributed by atoms with van der Waals surface area (Å²) in [6.45, 7) is 2.12. The Labute approximate surface area is 186 Å². The summed E-state index contributed by atoms with van der Waals surface area (Å²) in [6, 6.07) is 10.4. The molecule has 0 aliphatic carbocycles. The second-order valence-corrected chi connectivity index (χ2v) is 8.46. The first kappa shape index (κ1) is 21.3. The lowest BCUT2D eigenvalue weighted by atomic mass is 10.1. The number of hydrogen-bond acceptors (Lipinski definition) is 4. The Hall–Kier alpha value is -2.93. The number of nitrogens with zero attached hydrogens (tertiary/aromatic N) is 3. The van der Waals surface area contributed by atoms with Gasteiger partial charge in [-0.2, -0.15) is 0 Å². The van der Waals surface area contributed by atoms with Crippen molar-refractivity contribution in [3.63, 3.8) is 0 Å². The topological polar surface area (TPSA) is 82.6 Å². The van der Waals surface area contributed by atoms with Crippen molar-refractivity contribution in [2.24, 2.45) is 5.92 Å². The maximum Gasteiger partial charge on any atom is 0.255 e. The molecule has 1 unspecified atom stereocenters. The van der Waals surface area contributed by atoms with Gasteiger partial charge >= 0.3 is 0 Å². The third kappa shape index (κ3) is 5.05. The second-order valence-electron chi connectivity index (χ2n) is 8.03. The Morgan fingerprint density at radius 2 is 1.94 bits per heavy atom. The van der Waals surface area contributed by atoms with Crippen LogP contribution in [0.15, 0.2) is 42.6 Å². The number of aromatic nitrogens is 1. The zero-order valence-corrected chi connectivity index (χ0v) is 18.0. The molecule has 7 nitrogen and oxygen atoms in total. The molecule has 2 aromatic rings. The van der Waals surface area contributed by atoms with Crippen LogP contribution < -0.4 is 5.32 Å². The number of piperidine rings is 1. The van der Waals surface area contributed by atoms with Crippen molar-refractivity contribution in [2.75, 3.05) is 25.0 Å². The van der Waals surface area contributed by atoms with Crippen LogP contribution >= 0.6 is 11.6 Å². The van der Waals surface area contributed by atoms with Crippen molar-refractivity contribution in [3.8, 4) is 0 Å². The lowest BCUT2D eigenvalue weighted by Gasteiger charge is -2.27. The van der Waals surface area contributed by atoms with Gasteiger partial charge in [0.15, 0.2) is 0 Å². The molecule has 3 heterocycles. The molecule has 1 aromatic carbocycles. The van der Waals surface area contributed by atoms with Crippen molar-refractivity contribution in [1.82, 2.24) is 14.8 Å². The fraction of sp³-hybridized carbons (Fsp3) is 0.391. The first-order chi connectivity index (χ1) is 15.0. The van der Waals surface area contributed by atoms with E-state index in [-0.39, 0.29) is 24.1 Å². The van der Waals surface area contributed by atoms with Gasteiger partial charge in [-0.25, -0.2) is 0 Å². The molecule has 4 rings (SSSR count). The number of nitrogens with one attached hydrogen (secondary N) is 1. The Morgan fingerprint density at radius 1 is 1.13 bits per heavy atom. The summed E-state index contributed by atoms with van der Waals surface area (Å²) < 4.78 is 0. The van der Waals surface area contributed by atoms with Crippen molar-refractivity contribution in [2.45, 2.75) is 32.2 Å². The highest BCUT2D eigenvalue weighted by Crippen LogP contribution is 2.27. The molecule has 8 heteroatoms. The van der Waals surface area contributed by atoms with Crippen molar-refractivity contribution in [1.29, 1.82) is 0 Å². The summed E-state index contributed by atoms with van der Waals surface area (Å²) in [4.78, 5) is 46.1. The number of halogens is 1. The average Bonchev–Trinajstić information content (AvgIpc) is 3.15. The largest absolute Gasteiger partial charge is 0.339 e. The molecule has 162 valence electrons. The van der Waals surface area contributed by atoms with E-state index >= 15 is 0 Å². The molecule has 2 saturated heterocycles. The second kappa shape index (κ2) is 9.47. The standard InChI is InChI=1S/C23H25ClN4O3/c24-17-7-8-19(23(31)27-10-4-1-5-11-27)20(13-17)26-22(30)16-12-21(29)28(14-16)15-18-6-2-3-9-25-18/h2-3,6-9,13,16H,1,4-5,10-12,14-15H2,(H,26,30). The number of anilines is 1. The van der Waals surface area contributed by atoms with Gasteiger partial charge in [-0.05, 0) is 49.6 Å². The molecule has 31 heavy (non-hydrogen) atoms. The minimum atomic E-state index is -0.492. The van der Waals surface area contributed by atoms with E-state index in [1.165, 1.54) is 0 Å². The minimum Gasteiger partial charge on any atom is -0.339 e. The van der Waals surface area contributed by atoms with Gasteiger partial charge in [0.25, 0.3) is 5.91 Å². The van der Waals surface area contributed by atoms with Gasteiger partial charge < -0.3 is 15.1 Å². The first-order valence-corrected chi connectivity index (χ1v) is 11.0. The van der Waals surface area contributed by atoms with E-state index in [0.29, 0.717) is 42.5 Å². The number of carbonyl (C=O) groups excluding carboxylic acids is 3. The fourth-order valence-electron chi connectivity index (χ4n) is 4.10. The van der Waals surface area contributed by atoms with Crippen LogP contribution in [0.3, 0.4) is 0 Å². The Kier molecular flexibility index (Phi) is 6.51. The fourth-order valence-corrected chi connectivity index (χ4v) is 4.27. The molecule has 2 aliphatic rings. The summed E-state index contributed by atoms with van der Waals surface area (Å²) in [6.07, 6.45) is 4.90. The van der Waals surface area contributed by atoms with E-state index in [1.807, 2.05) is 23.1 Å². The molecule has 0 radical (unpaired) electrons. The van der Waals surface area contributed by atoms with Gasteiger partial charge in [0, 0.05) is 37.3 Å². The molecule has 0 saturated carbocycles. The molecule has 1 N–H and O–H groups in total.